The number of anilines is 12. The van der Waals surface area contributed by atoms with Gasteiger partial charge < -0.3 is 34.8 Å². The normalized spacial score (nSPS) is 11.5. The topological polar surface area (TPSA) is 232 Å². The Morgan fingerprint density at radius 1 is 0.305 bits per heavy atom. The second-order valence-corrected chi connectivity index (χ2v) is 21.5. The molecule has 10 aromatic carbocycles. The van der Waals surface area contributed by atoms with E-state index in [0.717, 1.165) is 65.8 Å². The Labute approximate surface area is 519 Å². The molecule has 2 heterocycles. The smallest absolute Gasteiger partial charge is 1.00 e. The second kappa shape index (κ2) is 24.5. The Morgan fingerprint density at radius 3 is 0.829 bits per heavy atom. The number of benzene rings is 10. The summed E-state index contributed by atoms with van der Waals surface area (Å²) >= 11 is 0. The Balaban J connectivity index is 0.00000230. The summed E-state index contributed by atoms with van der Waals surface area (Å²) in [6.07, 6.45) is 2.65. The molecule has 0 unspecified atom stereocenters. The van der Waals surface area contributed by atoms with E-state index in [1.807, 2.05) is 170 Å². The summed E-state index contributed by atoms with van der Waals surface area (Å²) < 4.78 is 73.4. The number of fused-ring (bicyclic) bond motifs is 4. The fraction of sp³-hybridized carbons (Fsp3) is 0. The predicted molar refractivity (Wildman–Crippen MR) is 323 cm³/mol. The van der Waals surface area contributed by atoms with E-state index in [-0.39, 0.29) is 108 Å². The fourth-order valence-electron chi connectivity index (χ4n) is 9.31. The molecule has 396 valence electrons. The van der Waals surface area contributed by atoms with Crippen molar-refractivity contribution < 1.29 is 87.9 Å². The summed E-state index contributed by atoms with van der Waals surface area (Å²) in [7, 11) is -9.76. The molecule has 0 aliphatic heterocycles. The summed E-state index contributed by atoms with van der Waals surface area (Å²) in [6.45, 7) is 0. The number of aromatic nitrogens is 4. The molecule has 12 aromatic rings. The maximum Gasteiger partial charge on any atom is 1.00 e. The van der Waals surface area contributed by atoms with Crippen LogP contribution in [-0.2, 0) is 20.2 Å². The fourth-order valence-corrected chi connectivity index (χ4v) is 10.7. The summed E-state index contributed by atoms with van der Waals surface area (Å²) in [5.41, 5.74) is 3.51. The van der Waals surface area contributed by atoms with Crippen molar-refractivity contribution in [3.05, 3.63) is 230 Å². The zero-order valence-corrected chi connectivity index (χ0v) is 49.7. The first-order valence-corrected chi connectivity index (χ1v) is 27.9. The van der Waals surface area contributed by atoms with Crippen LogP contribution in [0.3, 0.4) is 0 Å². The van der Waals surface area contributed by atoms with Gasteiger partial charge in [0.2, 0.25) is 11.9 Å². The molecule has 0 aliphatic carbocycles. The van der Waals surface area contributed by atoms with Crippen molar-refractivity contribution >= 4 is 145 Å². The molecule has 16 nitrogen and oxygen atoms in total. The van der Waals surface area contributed by atoms with Crippen LogP contribution < -0.4 is 91.0 Å². The van der Waals surface area contributed by atoms with Crippen LogP contribution in [0.4, 0.5) is 69.3 Å². The van der Waals surface area contributed by atoms with Crippen LogP contribution in [-0.4, -0.2) is 45.9 Å². The van der Waals surface area contributed by atoms with Gasteiger partial charge in [0.15, 0.2) is 0 Å². The minimum Gasteiger partial charge on any atom is -1.00 e. The van der Waals surface area contributed by atoms with Crippen LogP contribution in [0.1, 0.15) is 14.0 Å². The molecule has 0 atom stereocenters. The van der Waals surface area contributed by atoms with Crippen LogP contribution >= 0.6 is 0 Å². The third-order valence-corrected chi connectivity index (χ3v) is 14.9. The summed E-state index contributed by atoms with van der Waals surface area (Å²) in [4.78, 5) is 18.0. The van der Waals surface area contributed by atoms with Crippen molar-refractivity contribution in [2.45, 2.75) is 9.79 Å². The van der Waals surface area contributed by atoms with Crippen LogP contribution in [0.15, 0.2) is 228 Å². The molecule has 0 saturated carbocycles. The standard InChI is InChI=1S/C62H46N10O6S2.2Na.2H/c73-79(74,75)55-35-53(65-59-37-57(63-49-25-19-39-9-1-5-13-45(39)31-49)69-61(71-59)67-51-27-21-41-11-3-7-15-47(41)33-51)29-23-43(55)17-18-44-24-30-54(36-56(44)80(76,77)78)66-60-38-58(64-50-26-20-40-10-2-6-14-46(40)32-50)70-62(72-60)68-52-28-22-42-12-4-8-16-48(42)34-52;;;;/h1-38H,(H,73,74,75)(H,76,77,78)(H3,63,65,67,69,71)(H3,64,66,68,70,72);;;;/q;2*+1;2*-1/b18-17+;;;;. The Hall–Kier alpha value is -8.24. The van der Waals surface area contributed by atoms with E-state index in [2.05, 4.69) is 31.9 Å². The Bertz CT molecular complexity index is 4190. The van der Waals surface area contributed by atoms with Crippen LogP contribution in [0.2, 0.25) is 0 Å². The van der Waals surface area contributed by atoms with Crippen molar-refractivity contribution in [2.24, 2.45) is 0 Å². The molecule has 0 radical (unpaired) electrons. The second-order valence-electron chi connectivity index (χ2n) is 18.7. The first-order valence-electron chi connectivity index (χ1n) is 25.0. The molecule has 8 N–H and O–H groups in total. The zero-order valence-electron chi connectivity index (χ0n) is 46.1. The number of nitrogens with zero attached hydrogens (tertiary/aromatic N) is 4. The largest absolute Gasteiger partial charge is 1.00 e. The van der Waals surface area contributed by atoms with Gasteiger partial charge in [-0.1, -0.05) is 146 Å². The van der Waals surface area contributed by atoms with Gasteiger partial charge in [-0.2, -0.15) is 36.8 Å². The van der Waals surface area contributed by atoms with Gasteiger partial charge in [-0.25, -0.2) is 0 Å². The molecule has 20 heteroatoms. The van der Waals surface area contributed by atoms with E-state index in [4.69, 9.17) is 19.9 Å². The SMILES string of the molecule is O=S(=O)(O)c1cc(Nc2cc(Nc3ccc4ccccc4c3)nc(Nc3ccc4ccccc4c3)n2)ccc1/C=C/c1ccc(Nc2cc(Nc3ccc4ccccc4c3)nc(Nc3ccc4ccccc4c3)n2)cc1S(=O)(=O)O.[H-].[H-].[Na+].[Na+]. The number of nitrogens with one attached hydrogen (secondary N) is 6. The predicted octanol–water partition coefficient (Wildman–Crippen LogP) is 9.24. The maximum atomic E-state index is 13.1. The van der Waals surface area contributed by atoms with E-state index >= 15 is 0 Å². The summed E-state index contributed by atoms with van der Waals surface area (Å²) in [5, 5.41) is 28.0. The molecule has 2 aromatic heterocycles. The third-order valence-electron chi connectivity index (χ3n) is 13.1. The van der Waals surface area contributed by atoms with Gasteiger partial charge in [-0.15, -0.1) is 0 Å². The van der Waals surface area contributed by atoms with E-state index in [0.29, 0.717) is 11.6 Å². The third kappa shape index (κ3) is 13.6. The maximum absolute atomic E-state index is 13.1. The molecular formula is C62H48N10Na2O6S2. The Morgan fingerprint density at radius 2 is 0.549 bits per heavy atom. The molecule has 0 bridgehead atoms. The van der Waals surface area contributed by atoms with Crippen molar-refractivity contribution in [2.75, 3.05) is 31.9 Å². The molecular weight excluding hydrogens is 1090 g/mol. The number of rotatable bonds is 16. The van der Waals surface area contributed by atoms with Gasteiger partial charge in [0.25, 0.3) is 20.2 Å². The average molecular weight is 1140 g/mol. The quantitative estimate of drug-likeness (QED) is 0.0256. The van der Waals surface area contributed by atoms with Crippen molar-refractivity contribution in [1.82, 2.24) is 19.9 Å². The van der Waals surface area contributed by atoms with E-state index < -0.39 is 30.0 Å². The average Bonchev–Trinajstić information content (AvgIpc) is 3.52. The van der Waals surface area contributed by atoms with Crippen LogP contribution in [0.5, 0.6) is 0 Å². The van der Waals surface area contributed by atoms with Gasteiger partial charge in [0, 0.05) is 46.3 Å². The van der Waals surface area contributed by atoms with Crippen molar-refractivity contribution in [3.63, 3.8) is 0 Å². The van der Waals surface area contributed by atoms with Crippen LogP contribution in [0.25, 0.3) is 55.2 Å². The van der Waals surface area contributed by atoms with Gasteiger partial charge in [0.05, 0.1) is 0 Å². The molecule has 82 heavy (non-hydrogen) atoms. The summed E-state index contributed by atoms with van der Waals surface area (Å²) in [5.74, 6) is 1.85. The number of hydrogen-bond acceptors (Lipinski definition) is 14. The van der Waals surface area contributed by atoms with Gasteiger partial charge in [0.1, 0.15) is 33.1 Å². The van der Waals surface area contributed by atoms with Crippen LogP contribution in [0, 0.1) is 0 Å². The van der Waals surface area contributed by atoms with Crippen molar-refractivity contribution in [3.8, 4) is 0 Å². The zero-order chi connectivity index (χ0) is 54.8. The first-order chi connectivity index (χ1) is 38.8. The van der Waals surface area contributed by atoms with Gasteiger partial charge >= 0.3 is 59.1 Å². The number of hydrogen-bond donors (Lipinski definition) is 8. The van der Waals surface area contributed by atoms with E-state index in [9.17, 15) is 25.9 Å². The molecule has 0 fully saturated rings. The minimum atomic E-state index is -4.88. The molecule has 0 amide bonds. The molecule has 0 saturated heterocycles. The van der Waals surface area contributed by atoms with Gasteiger partial charge in [-0.05, 0) is 127 Å². The monoisotopic (exact) mass is 1140 g/mol. The van der Waals surface area contributed by atoms with E-state index in [1.54, 1.807) is 24.3 Å². The summed E-state index contributed by atoms with van der Waals surface area (Å²) in [6, 6.07) is 67.3. The van der Waals surface area contributed by atoms with Gasteiger partial charge in [-0.3, -0.25) is 9.11 Å². The molecule has 0 spiro atoms. The van der Waals surface area contributed by atoms with E-state index in [1.165, 1.54) is 36.4 Å². The molecule has 0 aliphatic rings. The molecule has 12 rings (SSSR count). The minimum absolute atomic E-state index is 0. The van der Waals surface area contributed by atoms with Crippen molar-refractivity contribution in [1.29, 1.82) is 0 Å². The Kier molecular flexibility index (Phi) is 17.0. The first kappa shape index (κ1) is 57.0.